The van der Waals surface area contributed by atoms with Crippen molar-refractivity contribution < 1.29 is 9.18 Å². The minimum Gasteiger partial charge on any atom is -0.399 e. The average molecular weight is 388 g/mol. The van der Waals surface area contributed by atoms with Crippen molar-refractivity contribution in [3.8, 4) is 0 Å². The first-order valence-corrected chi connectivity index (χ1v) is 8.42. The van der Waals surface area contributed by atoms with Crippen molar-refractivity contribution >= 4 is 40.9 Å². The molecule has 8 heteroatoms. The molecule has 0 aliphatic carbocycles. The van der Waals surface area contributed by atoms with Gasteiger partial charge in [0.2, 0.25) is 5.95 Å². The molecule has 2 heterocycles. The first-order valence-electron chi connectivity index (χ1n) is 8.42. The Morgan fingerprint density at radius 3 is 2.78 bits per heavy atom. The van der Waals surface area contributed by atoms with Gasteiger partial charge in [0.05, 0.1) is 5.52 Å². The Kier molecular flexibility index (Phi) is 5.41. The minimum absolute atomic E-state index is 0. The van der Waals surface area contributed by atoms with E-state index in [1.54, 1.807) is 41.4 Å². The van der Waals surface area contributed by atoms with Crippen molar-refractivity contribution in [2.75, 3.05) is 24.1 Å². The fourth-order valence-electron chi connectivity index (χ4n) is 3.13. The Hall–Kier alpha value is -2.93. The molecule has 3 N–H and O–H groups in total. The molecule has 6 nitrogen and oxygen atoms in total. The molecule has 0 saturated carbocycles. The van der Waals surface area contributed by atoms with Crippen LogP contribution in [0.15, 0.2) is 48.7 Å². The molecule has 1 atom stereocenters. The van der Waals surface area contributed by atoms with Crippen LogP contribution < -0.4 is 11.1 Å². The molecule has 1 saturated heterocycles. The van der Waals surface area contributed by atoms with Crippen LogP contribution in [0, 0.1) is 5.82 Å². The molecule has 0 spiro atoms. The van der Waals surface area contributed by atoms with Crippen molar-refractivity contribution in [2.45, 2.75) is 12.5 Å². The molecule has 1 aliphatic rings. The third-order valence-electron chi connectivity index (χ3n) is 4.51. The van der Waals surface area contributed by atoms with Crippen LogP contribution in [0.25, 0.3) is 10.9 Å². The van der Waals surface area contributed by atoms with Gasteiger partial charge in [0.25, 0.3) is 5.91 Å². The molecule has 140 valence electrons. The van der Waals surface area contributed by atoms with Crippen LogP contribution in [-0.4, -0.2) is 39.9 Å². The van der Waals surface area contributed by atoms with E-state index in [1.807, 2.05) is 0 Å². The normalized spacial score (nSPS) is 16.2. The van der Waals surface area contributed by atoms with E-state index in [1.165, 1.54) is 12.1 Å². The van der Waals surface area contributed by atoms with Crippen LogP contribution in [0.1, 0.15) is 16.8 Å². The number of fused-ring (bicyclic) bond motifs is 1. The van der Waals surface area contributed by atoms with Gasteiger partial charge in [-0.2, -0.15) is 0 Å². The summed E-state index contributed by atoms with van der Waals surface area (Å²) in [6.07, 6.45) is 2.41. The Morgan fingerprint density at radius 1 is 1.22 bits per heavy atom. The van der Waals surface area contributed by atoms with Gasteiger partial charge in [-0.1, -0.05) is 0 Å². The number of carbonyl (C=O) groups is 1. The van der Waals surface area contributed by atoms with E-state index in [0.717, 1.165) is 6.42 Å². The summed E-state index contributed by atoms with van der Waals surface area (Å²) in [7, 11) is 0. The molecule has 1 fully saturated rings. The number of aromatic nitrogens is 2. The smallest absolute Gasteiger partial charge is 0.253 e. The maximum absolute atomic E-state index is 13.2. The van der Waals surface area contributed by atoms with Gasteiger partial charge in [0.1, 0.15) is 5.82 Å². The predicted octanol–water partition coefficient (Wildman–Crippen LogP) is 3.10. The maximum atomic E-state index is 13.2. The number of rotatable bonds is 3. The van der Waals surface area contributed by atoms with Gasteiger partial charge in [-0.05, 0) is 48.9 Å². The number of nitrogens with one attached hydrogen (secondary N) is 1. The lowest BCUT2D eigenvalue weighted by molar-refractivity contribution is 0.0791. The largest absolute Gasteiger partial charge is 0.399 e. The van der Waals surface area contributed by atoms with E-state index in [2.05, 4.69) is 15.3 Å². The number of likely N-dealkylation sites (tertiary alicyclic amines) is 1. The maximum Gasteiger partial charge on any atom is 0.253 e. The average Bonchev–Trinajstić information content (AvgIpc) is 3.10. The predicted molar refractivity (Wildman–Crippen MR) is 106 cm³/mol. The Labute approximate surface area is 162 Å². The summed E-state index contributed by atoms with van der Waals surface area (Å²) in [4.78, 5) is 23.0. The molecule has 3 aromatic rings. The van der Waals surface area contributed by atoms with Crippen molar-refractivity contribution in [3.63, 3.8) is 0 Å². The summed E-state index contributed by atoms with van der Waals surface area (Å²) in [6.45, 7) is 1.24. The van der Waals surface area contributed by atoms with Crippen molar-refractivity contribution in [2.24, 2.45) is 0 Å². The molecular weight excluding hydrogens is 369 g/mol. The summed E-state index contributed by atoms with van der Waals surface area (Å²) < 4.78 is 13.2. The SMILES string of the molecule is Cl.Nc1ccc(C(=O)N2CCC(Nc3ncc4cc(F)ccc4n3)C2)cc1. The highest BCUT2D eigenvalue weighted by Gasteiger charge is 2.27. The highest BCUT2D eigenvalue weighted by Crippen LogP contribution is 2.19. The molecule has 4 rings (SSSR count). The summed E-state index contributed by atoms with van der Waals surface area (Å²) in [5, 5.41) is 3.92. The molecule has 2 aromatic carbocycles. The Balaban J connectivity index is 0.00000210. The summed E-state index contributed by atoms with van der Waals surface area (Å²) in [6, 6.07) is 11.4. The van der Waals surface area contributed by atoms with Crippen molar-refractivity contribution in [1.29, 1.82) is 0 Å². The number of hydrogen-bond acceptors (Lipinski definition) is 5. The van der Waals surface area contributed by atoms with Gasteiger partial charge < -0.3 is 16.0 Å². The number of anilines is 2. The molecule has 1 unspecified atom stereocenters. The zero-order valence-corrected chi connectivity index (χ0v) is 15.2. The fraction of sp³-hybridized carbons (Fsp3) is 0.211. The van der Waals surface area contributed by atoms with Crippen LogP contribution in [0.5, 0.6) is 0 Å². The highest BCUT2D eigenvalue weighted by molar-refractivity contribution is 5.94. The van der Waals surface area contributed by atoms with E-state index >= 15 is 0 Å². The molecule has 1 aromatic heterocycles. The van der Waals surface area contributed by atoms with Crippen molar-refractivity contribution in [3.05, 3.63) is 60.0 Å². The lowest BCUT2D eigenvalue weighted by Gasteiger charge is -2.17. The second kappa shape index (κ2) is 7.75. The number of halogens is 2. The molecule has 0 bridgehead atoms. The summed E-state index contributed by atoms with van der Waals surface area (Å²) in [5.41, 5.74) is 7.61. The molecule has 1 amide bonds. The van der Waals surface area contributed by atoms with Gasteiger partial charge in [0.15, 0.2) is 0 Å². The van der Waals surface area contributed by atoms with Gasteiger partial charge in [-0.15, -0.1) is 12.4 Å². The number of hydrogen-bond donors (Lipinski definition) is 2. The monoisotopic (exact) mass is 387 g/mol. The minimum atomic E-state index is -0.311. The standard InChI is InChI=1S/C19H18FN5O.ClH/c20-14-3-6-17-13(9-14)10-22-19(24-17)23-16-7-8-25(11-16)18(26)12-1-4-15(21)5-2-12;/h1-6,9-10,16H,7-8,11,21H2,(H,22,23,24);1H. The third-order valence-corrected chi connectivity index (χ3v) is 4.51. The Bertz CT molecular complexity index is 966. The van der Waals surface area contributed by atoms with Crippen LogP contribution >= 0.6 is 12.4 Å². The fourth-order valence-corrected chi connectivity index (χ4v) is 3.13. The van der Waals surface area contributed by atoms with Crippen molar-refractivity contribution in [1.82, 2.24) is 14.9 Å². The zero-order chi connectivity index (χ0) is 18.1. The number of nitrogens with zero attached hydrogens (tertiary/aromatic N) is 3. The van der Waals surface area contributed by atoms with E-state index < -0.39 is 0 Å². The van der Waals surface area contributed by atoms with Gasteiger partial charge in [-0.3, -0.25) is 4.79 Å². The van der Waals surface area contributed by atoms with Crippen LogP contribution in [0.4, 0.5) is 16.0 Å². The summed E-state index contributed by atoms with van der Waals surface area (Å²) >= 11 is 0. The lowest BCUT2D eigenvalue weighted by atomic mass is 10.2. The second-order valence-corrected chi connectivity index (χ2v) is 6.40. The first-order chi connectivity index (χ1) is 12.6. The quantitative estimate of drug-likeness (QED) is 0.674. The van der Waals surface area contributed by atoms with E-state index in [-0.39, 0.29) is 30.2 Å². The molecular formula is C19H19ClFN5O. The lowest BCUT2D eigenvalue weighted by Crippen LogP contribution is -2.31. The highest BCUT2D eigenvalue weighted by atomic mass is 35.5. The number of nitrogens with two attached hydrogens (primary N) is 1. The number of amides is 1. The number of carbonyl (C=O) groups excluding carboxylic acids is 1. The van der Waals surface area contributed by atoms with E-state index in [9.17, 15) is 9.18 Å². The van der Waals surface area contributed by atoms with Gasteiger partial charge in [-0.25, -0.2) is 14.4 Å². The molecule has 27 heavy (non-hydrogen) atoms. The number of benzene rings is 2. The number of nitrogen functional groups attached to an aromatic ring is 1. The van der Waals surface area contributed by atoms with Crippen LogP contribution in [0.2, 0.25) is 0 Å². The van der Waals surface area contributed by atoms with Crippen LogP contribution in [-0.2, 0) is 0 Å². The Morgan fingerprint density at radius 2 is 2.00 bits per heavy atom. The summed E-state index contributed by atoms with van der Waals surface area (Å²) in [5.74, 6) is 0.162. The topological polar surface area (TPSA) is 84.1 Å². The van der Waals surface area contributed by atoms with Gasteiger partial charge in [0, 0.05) is 42.0 Å². The van der Waals surface area contributed by atoms with Crippen LogP contribution in [0.3, 0.4) is 0 Å². The van der Waals surface area contributed by atoms with E-state index in [0.29, 0.717) is 41.2 Å². The molecule has 1 aliphatic heterocycles. The molecule has 0 radical (unpaired) electrons. The third kappa shape index (κ3) is 4.09. The second-order valence-electron chi connectivity index (χ2n) is 6.40. The first kappa shape index (κ1) is 18.8. The van der Waals surface area contributed by atoms with E-state index in [4.69, 9.17) is 5.73 Å². The zero-order valence-electron chi connectivity index (χ0n) is 14.4. The van der Waals surface area contributed by atoms with Gasteiger partial charge >= 0.3 is 0 Å².